The number of hydrogen-bond acceptors (Lipinski definition) is 3. The van der Waals surface area contributed by atoms with Crippen LogP contribution in [-0.2, 0) is 0 Å². The van der Waals surface area contributed by atoms with Crippen molar-refractivity contribution in [2.45, 2.75) is 45.6 Å². The maximum absolute atomic E-state index is 9.34. The molecule has 1 aliphatic rings. The highest BCUT2D eigenvalue weighted by atomic mass is 16.3. The molecule has 1 heterocycles. The summed E-state index contributed by atoms with van der Waals surface area (Å²) < 4.78 is 0. The Morgan fingerprint density at radius 2 is 2.25 bits per heavy atom. The van der Waals surface area contributed by atoms with Gasteiger partial charge in [-0.15, -0.1) is 0 Å². The Hall–Kier alpha value is -0.120. The first kappa shape index (κ1) is 13.9. The molecule has 2 unspecified atom stereocenters. The van der Waals surface area contributed by atoms with Crippen LogP contribution in [0.15, 0.2) is 0 Å². The van der Waals surface area contributed by atoms with E-state index in [1.165, 1.54) is 45.4 Å². The van der Waals surface area contributed by atoms with Crippen LogP contribution in [-0.4, -0.2) is 48.8 Å². The zero-order valence-electron chi connectivity index (χ0n) is 10.9. The van der Waals surface area contributed by atoms with E-state index in [2.05, 4.69) is 17.1 Å². The van der Waals surface area contributed by atoms with Crippen LogP contribution in [0.2, 0.25) is 0 Å². The highest BCUT2D eigenvalue weighted by molar-refractivity contribution is 4.73. The first-order chi connectivity index (χ1) is 7.72. The molecule has 3 heteroatoms. The zero-order valence-corrected chi connectivity index (χ0v) is 10.9. The summed E-state index contributed by atoms with van der Waals surface area (Å²) in [5.41, 5.74) is 0. The van der Waals surface area contributed by atoms with E-state index in [1.54, 1.807) is 0 Å². The molecule has 0 aliphatic carbocycles. The first-order valence-corrected chi connectivity index (χ1v) is 6.83. The smallest absolute Gasteiger partial charge is 0.0524 e. The van der Waals surface area contributed by atoms with Gasteiger partial charge in [-0.25, -0.2) is 0 Å². The van der Waals surface area contributed by atoms with Crippen LogP contribution < -0.4 is 5.32 Å². The molecule has 0 radical (unpaired) electrons. The Bertz CT molecular complexity index is 167. The van der Waals surface area contributed by atoms with Crippen LogP contribution in [0.1, 0.15) is 39.5 Å². The van der Waals surface area contributed by atoms with Gasteiger partial charge in [0, 0.05) is 13.1 Å². The molecule has 1 rings (SSSR count). The number of nitrogens with one attached hydrogen (secondary N) is 1. The Morgan fingerprint density at radius 3 is 2.81 bits per heavy atom. The highest BCUT2D eigenvalue weighted by Gasteiger charge is 2.16. The summed E-state index contributed by atoms with van der Waals surface area (Å²) in [4.78, 5) is 2.52. The molecule has 96 valence electrons. The maximum Gasteiger partial charge on any atom is 0.0524 e. The SMILES string of the molecule is CCCN(CCC(C)O)CC1CCCNC1. The lowest BCUT2D eigenvalue weighted by molar-refractivity contribution is 0.143. The van der Waals surface area contributed by atoms with E-state index in [4.69, 9.17) is 0 Å². The zero-order chi connectivity index (χ0) is 11.8. The van der Waals surface area contributed by atoms with Crippen molar-refractivity contribution in [3.05, 3.63) is 0 Å². The molecule has 0 aromatic rings. The van der Waals surface area contributed by atoms with E-state index in [-0.39, 0.29) is 6.10 Å². The van der Waals surface area contributed by atoms with Crippen molar-refractivity contribution in [3.63, 3.8) is 0 Å². The van der Waals surface area contributed by atoms with Crippen LogP contribution in [0.5, 0.6) is 0 Å². The highest BCUT2D eigenvalue weighted by Crippen LogP contribution is 2.12. The van der Waals surface area contributed by atoms with Gasteiger partial charge in [0.05, 0.1) is 6.10 Å². The maximum atomic E-state index is 9.34. The summed E-state index contributed by atoms with van der Waals surface area (Å²) in [6.45, 7) is 9.90. The summed E-state index contributed by atoms with van der Waals surface area (Å²) in [6.07, 6.45) is 4.63. The molecular weight excluding hydrogens is 200 g/mol. The third-order valence-corrected chi connectivity index (χ3v) is 3.32. The number of piperidine rings is 1. The lowest BCUT2D eigenvalue weighted by atomic mass is 9.99. The summed E-state index contributed by atoms with van der Waals surface area (Å²) in [6, 6.07) is 0. The number of rotatable bonds is 7. The minimum Gasteiger partial charge on any atom is -0.393 e. The Morgan fingerprint density at radius 1 is 1.44 bits per heavy atom. The van der Waals surface area contributed by atoms with Crippen LogP contribution in [0.3, 0.4) is 0 Å². The number of nitrogens with zero attached hydrogens (tertiary/aromatic N) is 1. The predicted molar refractivity (Wildman–Crippen MR) is 68.6 cm³/mol. The van der Waals surface area contributed by atoms with Gasteiger partial charge in [-0.1, -0.05) is 6.92 Å². The van der Waals surface area contributed by atoms with Crippen LogP contribution in [0, 0.1) is 5.92 Å². The van der Waals surface area contributed by atoms with Gasteiger partial charge in [-0.05, 0) is 58.2 Å². The average Bonchev–Trinajstić information content (AvgIpc) is 2.27. The quantitative estimate of drug-likeness (QED) is 0.692. The number of aliphatic hydroxyl groups excluding tert-OH is 1. The fraction of sp³-hybridized carbons (Fsp3) is 1.00. The van der Waals surface area contributed by atoms with E-state index in [1.807, 2.05) is 6.92 Å². The Kier molecular flexibility index (Phi) is 7.01. The van der Waals surface area contributed by atoms with E-state index in [9.17, 15) is 5.11 Å². The molecule has 0 aromatic heterocycles. The van der Waals surface area contributed by atoms with Gasteiger partial charge >= 0.3 is 0 Å². The molecule has 0 aromatic carbocycles. The molecular formula is C13H28N2O. The average molecular weight is 228 g/mol. The molecule has 3 nitrogen and oxygen atoms in total. The van der Waals surface area contributed by atoms with Crippen LogP contribution >= 0.6 is 0 Å². The normalized spacial score (nSPS) is 23.6. The minimum atomic E-state index is -0.163. The van der Waals surface area contributed by atoms with Crippen LogP contribution in [0.25, 0.3) is 0 Å². The third kappa shape index (κ3) is 5.83. The number of hydrogen-bond donors (Lipinski definition) is 2. The van der Waals surface area contributed by atoms with Gasteiger partial charge in [-0.3, -0.25) is 0 Å². The lowest BCUT2D eigenvalue weighted by Crippen LogP contribution is -2.39. The predicted octanol–water partition coefficient (Wildman–Crippen LogP) is 1.47. The molecule has 1 fully saturated rings. The monoisotopic (exact) mass is 228 g/mol. The summed E-state index contributed by atoms with van der Waals surface area (Å²) in [5.74, 6) is 0.814. The molecule has 0 amide bonds. The molecule has 1 aliphatic heterocycles. The van der Waals surface area contributed by atoms with E-state index in [0.717, 1.165) is 18.9 Å². The fourth-order valence-corrected chi connectivity index (χ4v) is 2.42. The van der Waals surface area contributed by atoms with Crippen molar-refractivity contribution >= 4 is 0 Å². The third-order valence-electron chi connectivity index (χ3n) is 3.32. The van der Waals surface area contributed by atoms with Crippen molar-refractivity contribution < 1.29 is 5.11 Å². The van der Waals surface area contributed by atoms with E-state index in [0.29, 0.717) is 0 Å². The minimum absolute atomic E-state index is 0.163. The van der Waals surface area contributed by atoms with Gasteiger partial charge in [0.1, 0.15) is 0 Å². The van der Waals surface area contributed by atoms with Crippen molar-refractivity contribution in [1.82, 2.24) is 10.2 Å². The van der Waals surface area contributed by atoms with Gasteiger partial charge in [0.15, 0.2) is 0 Å². The lowest BCUT2D eigenvalue weighted by Gasteiger charge is -2.30. The largest absolute Gasteiger partial charge is 0.393 e. The number of aliphatic hydroxyl groups is 1. The molecule has 2 N–H and O–H groups in total. The fourth-order valence-electron chi connectivity index (χ4n) is 2.42. The second-order valence-electron chi connectivity index (χ2n) is 5.15. The topological polar surface area (TPSA) is 35.5 Å². The van der Waals surface area contributed by atoms with Crippen molar-refractivity contribution in [3.8, 4) is 0 Å². The molecule has 2 atom stereocenters. The van der Waals surface area contributed by atoms with Crippen molar-refractivity contribution in [2.75, 3.05) is 32.7 Å². The summed E-state index contributed by atoms with van der Waals surface area (Å²) in [7, 11) is 0. The molecule has 0 spiro atoms. The second-order valence-corrected chi connectivity index (χ2v) is 5.15. The van der Waals surface area contributed by atoms with Gasteiger partial charge in [-0.2, -0.15) is 0 Å². The van der Waals surface area contributed by atoms with E-state index >= 15 is 0 Å². The summed E-state index contributed by atoms with van der Waals surface area (Å²) >= 11 is 0. The molecule has 0 bridgehead atoms. The Labute approximate surface area is 100 Å². The van der Waals surface area contributed by atoms with Gasteiger partial charge in [0.2, 0.25) is 0 Å². The van der Waals surface area contributed by atoms with Crippen molar-refractivity contribution in [2.24, 2.45) is 5.92 Å². The van der Waals surface area contributed by atoms with Gasteiger partial charge in [0.25, 0.3) is 0 Å². The first-order valence-electron chi connectivity index (χ1n) is 6.83. The van der Waals surface area contributed by atoms with Crippen LogP contribution in [0.4, 0.5) is 0 Å². The molecule has 1 saturated heterocycles. The molecule has 0 saturated carbocycles. The summed E-state index contributed by atoms with van der Waals surface area (Å²) in [5, 5.41) is 12.8. The standard InChI is InChI=1S/C13H28N2O/c1-3-8-15(9-6-12(2)16)11-13-5-4-7-14-10-13/h12-14,16H,3-11H2,1-2H3. The van der Waals surface area contributed by atoms with Crippen molar-refractivity contribution in [1.29, 1.82) is 0 Å². The van der Waals surface area contributed by atoms with Gasteiger partial charge < -0.3 is 15.3 Å². The Balaban J connectivity index is 2.25. The van der Waals surface area contributed by atoms with E-state index < -0.39 is 0 Å². The molecule has 16 heavy (non-hydrogen) atoms. The second kappa shape index (κ2) is 8.04.